The van der Waals surface area contributed by atoms with Crippen molar-refractivity contribution in [1.82, 2.24) is 4.57 Å². The van der Waals surface area contributed by atoms with Gasteiger partial charge in [-0.1, -0.05) is 0 Å². The van der Waals surface area contributed by atoms with Gasteiger partial charge in [0.25, 0.3) is 0 Å². The number of nitrogens with zero attached hydrogens (tertiary/aromatic N) is 1. The number of aromatic carboxylic acids is 1. The zero-order valence-corrected chi connectivity index (χ0v) is 12.5. The van der Waals surface area contributed by atoms with E-state index in [4.69, 9.17) is 9.47 Å². The molecule has 1 N–H and O–H groups in total. The van der Waals surface area contributed by atoms with Gasteiger partial charge in [0.1, 0.15) is 17.2 Å². The van der Waals surface area contributed by atoms with Crippen molar-refractivity contribution in [3.8, 4) is 17.2 Å². The molecule has 0 saturated carbocycles. The average molecular weight is 373 g/mol. The minimum absolute atomic E-state index is 0.188. The van der Waals surface area contributed by atoms with Crippen molar-refractivity contribution in [2.45, 2.75) is 0 Å². The molecule has 0 unspecified atom stereocenters. The summed E-state index contributed by atoms with van der Waals surface area (Å²) in [6.07, 6.45) is 1.74. The highest BCUT2D eigenvalue weighted by Gasteiger charge is 2.16. The third-order valence-electron chi connectivity index (χ3n) is 2.65. The van der Waals surface area contributed by atoms with Crippen LogP contribution in [0.3, 0.4) is 0 Å². The number of rotatable bonds is 4. The molecule has 0 spiro atoms. The van der Waals surface area contributed by atoms with Crippen LogP contribution in [0.5, 0.6) is 11.5 Å². The highest BCUT2D eigenvalue weighted by molar-refractivity contribution is 14.1. The van der Waals surface area contributed by atoms with E-state index in [1.165, 1.54) is 7.11 Å². The van der Waals surface area contributed by atoms with Gasteiger partial charge in [0.05, 0.1) is 19.9 Å². The third kappa shape index (κ3) is 2.67. The summed E-state index contributed by atoms with van der Waals surface area (Å²) in [6.45, 7) is 0. The lowest BCUT2D eigenvalue weighted by Crippen LogP contribution is -2.07. The Hall–Kier alpha value is -1.70. The molecule has 1 heterocycles. The smallest absolute Gasteiger partial charge is 0.352 e. The Morgan fingerprint density at radius 2 is 2.00 bits per heavy atom. The molecule has 1 aromatic carbocycles. The standard InChI is InChI=1S/C13H12INO4/c1-18-9-3-4-10(12(6-9)19-2)15-7-8(14)5-11(15)13(16)17/h3-7H,1-2H3,(H,16,17). The molecule has 0 bridgehead atoms. The van der Waals surface area contributed by atoms with Crippen LogP contribution in [0.4, 0.5) is 0 Å². The summed E-state index contributed by atoms with van der Waals surface area (Å²) in [5, 5.41) is 9.21. The SMILES string of the molecule is COc1ccc(-n2cc(I)cc2C(=O)O)c(OC)c1. The first-order chi connectivity index (χ1) is 9.06. The van der Waals surface area contributed by atoms with Gasteiger partial charge in [-0.3, -0.25) is 0 Å². The number of methoxy groups -OCH3 is 2. The maximum Gasteiger partial charge on any atom is 0.352 e. The second-order valence-corrected chi connectivity index (χ2v) is 5.00. The van der Waals surface area contributed by atoms with Gasteiger partial charge in [-0.05, 0) is 40.8 Å². The number of aromatic nitrogens is 1. The summed E-state index contributed by atoms with van der Waals surface area (Å²) in [4.78, 5) is 11.2. The summed E-state index contributed by atoms with van der Waals surface area (Å²) in [6, 6.07) is 6.84. The van der Waals surface area contributed by atoms with Gasteiger partial charge in [-0.2, -0.15) is 0 Å². The lowest BCUT2D eigenvalue weighted by molar-refractivity contribution is 0.0688. The normalized spacial score (nSPS) is 10.3. The Morgan fingerprint density at radius 3 is 2.58 bits per heavy atom. The van der Waals surface area contributed by atoms with E-state index >= 15 is 0 Å². The zero-order valence-electron chi connectivity index (χ0n) is 10.4. The Bertz CT molecular complexity index is 621. The van der Waals surface area contributed by atoms with Crippen molar-refractivity contribution in [2.75, 3.05) is 14.2 Å². The van der Waals surface area contributed by atoms with Gasteiger partial charge in [0.15, 0.2) is 0 Å². The topological polar surface area (TPSA) is 60.7 Å². The van der Waals surface area contributed by atoms with E-state index in [1.54, 1.807) is 42.1 Å². The van der Waals surface area contributed by atoms with Gasteiger partial charge in [-0.15, -0.1) is 0 Å². The van der Waals surface area contributed by atoms with Crippen molar-refractivity contribution in [2.24, 2.45) is 0 Å². The van der Waals surface area contributed by atoms with Gasteiger partial charge in [0.2, 0.25) is 0 Å². The Kier molecular flexibility index (Phi) is 3.98. The van der Waals surface area contributed by atoms with Crippen molar-refractivity contribution in [3.63, 3.8) is 0 Å². The summed E-state index contributed by atoms with van der Waals surface area (Å²) in [5.74, 6) is 0.217. The summed E-state index contributed by atoms with van der Waals surface area (Å²) >= 11 is 2.07. The lowest BCUT2D eigenvalue weighted by Gasteiger charge is -2.12. The highest BCUT2D eigenvalue weighted by atomic mass is 127. The molecule has 2 aromatic rings. The molecule has 0 aliphatic carbocycles. The van der Waals surface area contributed by atoms with Crippen molar-refractivity contribution >= 4 is 28.6 Å². The molecule has 0 saturated heterocycles. The van der Waals surface area contributed by atoms with Crippen LogP contribution in [0.2, 0.25) is 0 Å². The van der Waals surface area contributed by atoms with Gasteiger partial charge in [-0.25, -0.2) is 4.79 Å². The van der Waals surface area contributed by atoms with Crippen LogP contribution < -0.4 is 9.47 Å². The molecule has 0 aliphatic rings. The van der Waals surface area contributed by atoms with E-state index in [9.17, 15) is 9.90 Å². The minimum Gasteiger partial charge on any atom is -0.497 e. The van der Waals surface area contributed by atoms with Crippen LogP contribution >= 0.6 is 22.6 Å². The Balaban J connectivity index is 2.61. The molecular formula is C13H12INO4. The largest absolute Gasteiger partial charge is 0.497 e. The van der Waals surface area contributed by atoms with E-state index in [0.29, 0.717) is 17.2 Å². The molecule has 6 heteroatoms. The number of halogens is 1. The first-order valence-corrected chi connectivity index (χ1v) is 6.48. The molecule has 0 amide bonds. The van der Waals surface area contributed by atoms with Gasteiger partial charge >= 0.3 is 5.97 Å². The number of benzene rings is 1. The molecule has 1 aromatic heterocycles. The first kappa shape index (κ1) is 13.7. The zero-order chi connectivity index (χ0) is 14.0. The fourth-order valence-electron chi connectivity index (χ4n) is 1.78. The van der Waals surface area contributed by atoms with Crippen LogP contribution in [0.15, 0.2) is 30.5 Å². The van der Waals surface area contributed by atoms with Crippen LogP contribution in [0.25, 0.3) is 5.69 Å². The molecule has 2 rings (SSSR count). The Morgan fingerprint density at radius 1 is 1.26 bits per heavy atom. The average Bonchev–Trinajstić information content (AvgIpc) is 2.80. The Labute approximate surface area is 123 Å². The second kappa shape index (κ2) is 5.52. The maximum atomic E-state index is 11.2. The maximum absolute atomic E-state index is 11.2. The number of carboxylic acids is 1. The molecule has 100 valence electrons. The molecule has 5 nitrogen and oxygen atoms in total. The van der Waals surface area contributed by atoms with Crippen molar-refractivity contribution in [3.05, 3.63) is 39.7 Å². The monoisotopic (exact) mass is 373 g/mol. The predicted octanol–water partition coefficient (Wildman–Crippen LogP) is 2.80. The molecular weight excluding hydrogens is 361 g/mol. The second-order valence-electron chi connectivity index (χ2n) is 3.76. The van der Waals surface area contributed by atoms with E-state index < -0.39 is 5.97 Å². The molecule has 0 radical (unpaired) electrons. The summed E-state index contributed by atoms with van der Waals surface area (Å²) in [5.41, 5.74) is 0.844. The number of ether oxygens (including phenoxy) is 2. The first-order valence-electron chi connectivity index (χ1n) is 5.40. The fourth-order valence-corrected chi connectivity index (χ4v) is 2.35. The quantitative estimate of drug-likeness (QED) is 0.838. The van der Waals surface area contributed by atoms with Crippen molar-refractivity contribution < 1.29 is 19.4 Å². The lowest BCUT2D eigenvalue weighted by atomic mass is 10.2. The van der Waals surface area contributed by atoms with Crippen LogP contribution in [-0.2, 0) is 0 Å². The minimum atomic E-state index is -0.985. The van der Waals surface area contributed by atoms with Crippen LogP contribution in [0.1, 0.15) is 10.5 Å². The van der Waals surface area contributed by atoms with E-state index in [1.807, 2.05) is 0 Å². The summed E-state index contributed by atoms with van der Waals surface area (Å²) < 4.78 is 12.8. The number of hydrogen-bond donors (Lipinski definition) is 1. The van der Waals surface area contributed by atoms with Gasteiger partial charge < -0.3 is 19.1 Å². The van der Waals surface area contributed by atoms with Crippen LogP contribution in [0, 0.1) is 3.57 Å². The molecule has 0 atom stereocenters. The number of hydrogen-bond acceptors (Lipinski definition) is 3. The molecule has 0 fully saturated rings. The summed E-state index contributed by atoms with van der Waals surface area (Å²) in [7, 11) is 3.10. The van der Waals surface area contributed by atoms with Crippen LogP contribution in [-0.4, -0.2) is 29.9 Å². The predicted molar refractivity (Wildman–Crippen MR) is 78.5 cm³/mol. The van der Waals surface area contributed by atoms with Crippen molar-refractivity contribution in [1.29, 1.82) is 0 Å². The molecule has 0 aliphatic heterocycles. The molecule has 19 heavy (non-hydrogen) atoms. The fraction of sp³-hybridized carbons (Fsp3) is 0.154. The highest BCUT2D eigenvalue weighted by Crippen LogP contribution is 2.29. The van der Waals surface area contributed by atoms with Gasteiger partial charge in [0, 0.05) is 15.8 Å². The third-order valence-corrected chi connectivity index (χ3v) is 3.24. The van der Waals surface area contributed by atoms with E-state index in [0.717, 1.165) is 3.57 Å². The number of carboxylic acid groups (broad SMARTS) is 1. The van der Waals surface area contributed by atoms with E-state index in [2.05, 4.69) is 22.6 Å². The van der Waals surface area contributed by atoms with E-state index in [-0.39, 0.29) is 5.69 Å². The number of carbonyl (C=O) groups is 1.